The van der Waals surface area contributed by atoms with E-state index in [0.29, 0.717) is 31.4 Å². The van der Waals surface area contributed by atoms with Gasteiger partial charge >= 0.3 is 0 Å². The summed E-state index contributed by atoms with van der Waals surface area (Å²) in [4.78, 5) is 29.0. The molecular weight excluding hydrogens is 462 g/mol. The number of hydrogen-bond donors (Lipinski definition) is 0. The van der Waals surface area contributed by atoms with E-state index in [1.165, 1.54) is 27.8 Å². The third kappa shape index (κ3) is 3.24. The van der Waals surface area contributed by atoms with Gasteiger partial charge in [0.15, 0.2) is 11.4 Å². The first kappa shape index (κ1) is 22.4. The molecule has 3 aliphatic carbocycles. The number of unbranched alkanes of at least 4 members (excludes halogenated alkanes) is 1. The summed E-state index contributed by atoms with van der Waals surface area (Å²) in [5.74, 6) is 0.578. The third-order valence-electron chi connectivity index (χ3n) is 8.33. The fourth-order valence-electron chi connectivity index (χ4n) is 6.42. The Hall–Kier alpha value is -3.80. The Bertz CT molecular complexity index is 1500. The van der Waals surface area contributed by atoms with E-state index in [1.807, 2.05) is 9.58 Å². The molecule has 0 N–H and O–H groups in total. The lowest BCUT2D eigenvalue weighted by molar-refractivity contribution is 0.0655. The number of ether oxygens (including phenoxy) is 1. The summed E-state index contributed by atoms with van der Waals surface area (Å²) in [6.07, 6.45) is 9.01. The Morgan fingerprint density at radius 3 is 2.59 bits per heavy atom. The molecule has 0 saturated heterocycles. The predicted molar refractivity (Wildman–Crippen MR) is 143 cm³/mol. The molecule has 0 bridgehead atoms. The zero-order valence-electron chi connectivity index (χ0n) is 21.2. The van der Waals surface area contributed by atoms with Gasteiger partial charge in [0.05, 0.1) is 6.61 Å². The van der Waals surface area contributed by atoms with E-state index < -0.39 is 5.54 Å². The van der Waals surface area contributed by atoms with Gasteiger partial charge in [-0.25, -0.2) is 0 Å². The van der Waals surface area contributed by atoms with Crippen LogP contribution in [-0.2, 0) is 12.0 Å². The van der Waals surface area contributed by atoms with E-state index in [4.69, 9.17) is 4.74 Å². The lowest BCUT2D eigenvalue weighted by Gasteiger charge is -2.49. The molecule has 0 radical (unpaired) electrons. The van der Waals surface area contributed by atoms with Gasteiger partial charge in [0.1, 0.15) is 12.2 Å². The van der Waals surface area contributed by atoms with Crippen LogP contribution < -0.4 is 15.2 Å². The summed E-state index contributed by atoms with van der Waals surface area (Å²) in [5, 5.41) is 2.31. The molecule has 2 aromatic carbocycles. The zero-order valence-corrected chi connectivity index (χ0v) is 21.2. The molecule has 2 heterocycles. The van der Waals surface area contributed by atoms with E-state index in [9.17, 15) is 9.59 Å². The predicted octanol–water partition coefficient (Wildman–Crippen LogP) is 4.69. The van der Waals surface area contributed by atoms with Crippen molar-refractivity contribution < 1.29 is 9.53 Å². The van der Waals surface area contributed by atoms with Gasteiger partial charge in [-0.05, 0) is 59.4 Å². The molecule has 3 aromatic rings. The third-order valence-corrected chi connectivity index (χ3v) is 8.33. The van der Waals surface area contributed by atoms with Crippen molar-refractivity contribution in [2.24, 2.45) is 5.92 Å². The second-order valence-electron chi connectivity index (χ2n) is 10.7. The summed E-state index contributed by atoms with van der Waals surface area (Å²) >= 11 is 0. The highest BCUT2D eigenvalue weighted by atomic mass is 16.5. The van der Waals surface area contributed by atoms with Gasteiger partial charge in [-0.2, -0.15) is 0 Å². The SMILES string of the molecule is CCCCOc1c2n(ccc1=O)N(C13C(=Cc4ccccc41)Cc1ccccc13)CN(CC1CC1)C2=O. The number of pyridine rings is 1. The van der Waals surface area contributed by atoms with Gasteiger partial charge in [-0.1, -0.05) is 68.0 Å². The molecule has 6 heteroatoms. The maximum atomic E-state index is 14.0. The van der Waals surface area contributed by atoms with Crippen molar-refractivity contribution >= 4 is 12.0 Å². The van der Waals surface area contributed by atoms with Crippen molar-refractivity contribution in [3.63, 3.8) is 0 Å². The molecule has 1 atom stereocenters. The van der Waals surface area contributed by atoms with Crippen LogP contribution in [0, 0.1) is 5.92 Å². The summed E-state index contributed by atoms with van der Waals surface area (Å²) in [7, 11) is 0. The number of hydrogen-bond acceptors (Lipinski definition) is 4. The smallest absolute Gasteiger partial charge is 0.277 e. The Balaban J connectivity index is 1.47. The summed E-state index contributed by atoms with van der Waals surface area (Å²) in [6.45, 7) is 3.65. The average Bonchev–Trinajstić information content (AvgIpc) is 3.59. The number of carbonyl (C=O) groups excluding carboxylic acids is 1. The molecule has 37 heavy (non-hydrogen) atoms. The second kappa shape index (κ2) is 8.37. The lowest BCUT2D eigenvalue weighted by Crippen LogP contribution is -2.62. The van der Waals surface area contributed by atoms with Gasteiger partial charge in [-0.15, -0.1) is 0 Å². The number of benzene rings is 2. The van der Waals surface area contributed by atoms with Crippen LogP contribution in [0.25, 0.3) is 6.08 Å². The van der Waals surface area contributed by atoms with E-state index in [2.05, 4.69) is 66.5 Å². The highest BCUT2D eigenvalue weighted by Gasteiger charge is 2.55. The fraction of sp³-hybridized carbons (Fsp3) is 0.355. The van der Waals surface area contributed by atoms with Crippen LogP contribution in [0.15, 0.2) is 71.2 Å². The van der Waals surface area contributed by atoms with Crippen LogP contribution in [0.2, 0.25) is 0 Å². The Labute approximate surface area is 216 Å². The molecule has 1 amide bonds. The molecule has 0 spiro atoms. The highest BCUT2D eigenvalue weighted by molar-refractivity contribution is 5.96. The summed E-state index contributed by atoms with van der Waals surface area (Å²) in [5.41, 5.74) is 5.82. The van der Waals surface area contributed by atoms with Crippen molar-refractivity contribution in [1.82, 2.24) is 9.58 Å². The van der Waals surface area contributed by atoms with Gasteiger partial charge in [-0.3, -0.25) is 19.3 Å². The Kier molecular flexibility index (Phi) is 5.07. The maximum absolute atomic E-state index is 14.0. The molecule has 7 rings (SSSR count). The summed E-state index contributed by atoms with van der Waals surface area (Å²) < 4.78 is 7.97. The minimum atomic E-state index is -0.555. The van der Waals surface area contributed by atoms with Crippen LogP contribution in [0.3, 0.4) is 0 Å². The van der Waals surface area contributed by atoms with Crippen molar-refractivity contribution in [1.29, 1.82) is 0 Å². The Morgan fingerprint density at radius 1 is 1.00 bits per heavy atom. The molecule has 188 valence electrons. The molecular formula is C31H31N3O3. The van der Waals surface area contributed by atoms with E-state index >= 15 is 0 Å². The van der Waals surface area contributed by atoms with Gasteiger partial charge in [0, 0.05) is 18.8 Å². The Morgan fingerprint density at radius 2 is 1.78 bits per heavy atom. The standard InChI is InChI=1S/C31H31N3O3/c1-2-3-16-37-29-27(35)14-15-33-28(29)30(36)32(19-21-12-13-21)20-34(33)31-24(17-22-8-4-6-10-25(22)31)18-23-9-5-7-11-26(23)31/h4-11,14-15,17,21H,2-3,12-13,16,18-20H2,1H3. The van der Waals surface area contributed by atoms with Crippen molar-refractivity contribution in [2.45, 2.75) is 44.6 Å². The minimum Gasteiger partial charge on any atom is -0.487 e. The molecule has 6 nitrogen and oxygen atoms in total. The van der Waals surface area contributed by atoms with Gasteiger partial charge in [0.2, 0.25) is 5.43 Å². The van der Waals surface area contributed by atoms with Crippen molar-refractivity contribution in [2.75, 3.05) is 24.8 Å². The number of nitrogens with zero attached hydrogens (tertiary/aromatic N) is 3. The van der Waals surface area contributed by atoms with E-state index in [0.717, 1.165) is 32.1 Å². The average molecular weight is 494 g/mol. The van der Waals surface area contributed by atoms with Crippen LogP contribution in [-0.4, -0.2) is 35.3 Å². The molecule has 1 aliphatic heterocycles. The number of amides is 1. The molecule has 1 fully saturated rings. The van der Waals surface area contributed by atoms with Gasteiger partial charge < -0.3 is 9.64 Å². The number of fused-ring (bicyclic) bond motifs is 6. The topological polar surface area (TPSA) is 54.8 Å². The summed E-state index contributed by atoms with van der Waals surface area (Å²) in [6, 6.07) is 18.8. The van der Waals surface area contributed by atoms with Crippen LogP contribution in [0.4, 0.5) is 0 Å². The number of rotatable bonds is 7. The molecule has 4 aliphatic rings. The lowest BCUT2D eigenvalue weighted by atomic mass is 9.83. The molecule has 1 aromatic heterocycles. The second-order valence-corrected chi connectivity index (χ2v) is 10.7. The van der Waals surface area contributed by atoms with Crippen molar-refractivity contribution in [3.8, 4) is 5.75 Å². The normalized spacial score (nSPS) is 21.3. The van der Waals surface area contributed by atoms with Gasteiger partial charge in [0.25, 0.3) is 5.91 Å². The molecule has 1 saturated carbocycles. The maximum Gasteiger partial charge on any atom is 0.277 e. The first-order valence-electron chi connectivity index (χ1n) is 13.5. The number of carbonyl (C=O) groups is 1. The fourth-order valence-corrected chi connectivity index (χ4v) is 6.42. The van der Waals surface area contributed by atoms with Crippen LogP contribution in [0.5, 0.6) is 5.75 Å². The first-order valence-corrected chi connectivity index (χ1v) is 13.5. The van der Waals surface area contributed by atoms with Crippen LogP contribution >= 0.6 is 0 Å². The quantitative estimate of drug-likeness (QED) is 0.449. The van der Waals surface area contributed by atoms with E-state index in [-0.39, 0.29) is 17.1 Å². The van der Waals surface area contributed by atoms with Crippen LogP contribution in [0.1, 0.15) is 65.3 Å². The molecule has 1 unspecified atom stereocenters. The largest absolute Gasteiger partial charge is 0.487 e. The van der Waals surface area contributed by atoms with Crippen molar-refractivity contribution in [3.05, 3.63) is 105 Å². The first-order chi connectivity index (χ1) is 18.1. The minimum absolute atomic E-state index is 0.119. The highest BCUT2D eigenvalue weighted by Crippen LogP contribution is 2.55. The van der Waals surface area contributed by atoms with E-state index in [1.54, 1.807) is 12.3 Å². The zero-order chi connectivity index (χ0) is 25.1. The number of aromatic nitrogens is 1. The monoisotopic (exact) mass is 493 g/mol.